The molecule has 122 valence electrons. The molecular formula is C17H17N5OS. The number of rotatable bonds is 4. The highest BCUT2D eigenvalue weighted by Crippen LogP contribution is 2.16. The van der Waals surface area contributed by atoms with Gasteiger partial charge in [0.2, 0.25) is 11.7 Å². The number of nitrogens with one attached hydrogen (secondary N) is 2. The van der Waals surface area contributed by atoms with Gasteiger partial charge >= 0.3 is 0 Å². The lowest BCUT2D eigenvalue weighted by molar-refractivity contribution is 0.376. The second kappa shape index (κ2) is 7.18. The number of hydrogen-bond acceptors (Lipinski definition) is 5. The molecule has 3 aromatic rings. The molecule has 0 saturated heterocycles. The van der Waals surface area contributed by atoms with E-state index in [9.17, 15) is 0 Å². The van der Waals surface area contributed by atoms with Crippen LogP contribution in [0.5, 0.6) is 0 Å². The largest absolute Gasteiger partial charge is 0.353 e. The molecule has 3 rings (SSSR count). The zero-order valence-electron chi connectivity index (χ0n) is 13.4. The monoisotopic (exact) mass is 339 g/mol. The maximum absolute atomic E-state index is 5.25. The van der Waals surface area contributed by atoms with E-state index in [1.807, 2.05) is 50.2 Å². The Hall–Kier alpha value is -2.80. The SMILES string of the molecule is Cc1cccc(-c2noc(CNC(=S)Nc3cc(C)ccn3)n2)c1. The first-order valence-corrected chi connectivity index (χ1v) is 7.88. The number of anilines is 1. The Labute approximate surface area is 145 Å². The summed E-state index contributed by atoms with van der Waals surface area (Å²) < 4.78 is 5.25. The molecule has 0 bridgehead atoms. The quantitative estimate of drug-likeness (QED) is 0.707. The van der Waals surface area contributed by atoms with Crippen molar-refractivity contribution in [2.75, 3.05) is 5.32 Å². The van der Waals surface area contributed by atoms with Gasteiger partial charge < -0.3 is 15.2 Å². The van der Waals surface area contributed by atoms with Gasteiger partial charge in [-0.1, -0.05) is 28.9 Å². The predicted octanol–water partition coefficient (Wildman–Crippen LogP) is 3.24. The van der Waals surface area contributed by atoms with Crippen LogP contribution in [0.4, 0.5) is 5.82 Å². The summed E-state index contributed by atoms with van der Waals surface area (Å²) in [5.74, 6) is 1.72. The Bertz CT molecular complexity index is 861. The van der Waals surface area contributed by atoms with Gasteiger partial charge in [0.15, 0.2) is 5.11 Å². The summed E-state index contributed by atoms with van der Waals surface area (Å²) in [6.07, 6.45) is 1.73. The number of aromatic nitrogens is 3. The molecule has 2 aromatic heterocycles. The van der Waals surface area contributed by atoms with Crippen LogP contribution in [0.2, 0.25) is 0 Å². The lowest BCUT2D eigenvalue weighted by Crippen LogP contribution is -2.28. The Morgan fingerprint density at radius 1 is 1.17 bits per heavy atom. The summed E-state index contributed by atoms with van der Waals surface area (Å²) in [5.41, 5.74) is 3.18. The Balaban J connectivity index is 1.58. The van der Waals surface area contributed by atoms with E-state index < -0.39 is 0 Å². The molecule has 7 heteroatoms. The van der Waals surface area contributed by atoms with Crippen molar-refractivity contribution in [2.24, 2.45) is 0 Å². The standard InChI is InChI=1S/C17H17N5OS/c1-11-4-3-5-13(8-11)16-21-15(23-22-16)10-19-17(24)20-14-9-12(2)6-7-18-14/h3-9H,10H2,1-2H3,(H2,18,19,20,24). The van der Waals surface area contributed by atoms with Gasteiger partial charge in [0.05, 0.1) is 6.54 Å². The third-order valence-electron chi connectivity index (χ3n) is 3.30. The summed E-state index contributed by atoms with van der Waals surface area (Å²) in [7, 11) is 0. The molecular weight excluding hydrogens is 322 g/mol. The highest BCUT2D eigenvalue weighted by molar-refractivity contribution is 7.80. The van der Waals surface area contributed by atoms with Gasteiger partial charge in [-0.05, 0) is 49.8 Å². The van der Waals surface area contributed by atoms with Crippen molar-refractivity contribution < 1.29 is 4.52 Å². The fraction of sp³-hybridized carbons (Fsp3) is 0.176. The predicted molar refractivity (Wildman–Crippen MR) is 96.5 cm³/mol. The molecule has 2 heterocycles. The maximum Gasteiger partial charge on any atom is 0.246 e. The van der Waals surface area contributed by atoms with E-state index >= 15 is 0 Å². The van der Waals surface area contributed by atoms with Crippen molar-refractivity contribution in [1.29, 1.82) is 0 Å². The molecule has 0 atom stereocenters. The summed E-state index contributed by atoms with van der Waals surface area (Å²) in [6, 6.07) is 11.8. The number of aryl methyl sites for hydroxylation is 2. The zero-order chi connectivity index (χ0) is 16.9. The van der Waals surface area contributed by atoms with Crippen LogP contribution in [0.3, 0.4) is 0 Å². The normalized spacial score (nSPS) is 10.4. The van der Waals surface area contributed by atoms with Crippen molar-refractivity contribution in [2.45, 2.75) is 20.4 Å². The minimum atomic E-state index is 0.344. The third-order valence-corrected chi connectivity index (χ3v) is 3.55. The molecule has 2 N–H and O–H groups in total. The first-order valence-electron chi connectivity index (χ1n) is 7.47. The van der Waals surface area contributed by atoms with Gasteiger partial charge in [0, 0.05) is 11.8 Å². The molecule has 0 aliphatic heterocycles. The minimum Gasteiger partial charge on any atom is -0.353 e. The van der Waals surface area contributed by atoms with Crippen molar-refractivity contribution in [3.63, 3.8) is 0 Å². The van der Waals surface area contributed by atoms with E-state index in [1.165, 1.54) is 0 Å². The summed E-state index contributed by atoms with van der Waals surface area (Å²) in [5, 5.41) is 10.5. The molecule has 0 fully saturated rings. The van der Waals surface area contributed by atoms with Crippen LogP contribution in [0, 0.1) is 13.8 Å². The smallest absolute Gasteiger partial charge is 0.246 e. The molecule has 0 aliphatic rings. The molecule has 1 aromatic carbocycles. The molecule has 0 spiro atoms. The van der Waals surface area contributed by atoms with Crippen LogP contribution < -0.4 is 10.6 Å². The summed E-state index contributed by atoms with van der Waals surface area (Å²) in [4.78, 5) is 8.57. The molecule has 24 heavy (non-hydrogen) atoms. The minimum absolute atomic E-state index is 0.344. The molecule has 0 amide bonds. The molecule has 0 saturated carbocycles. The fourth-order valence-corrected chi connectivity index (χ4v) is 2.33. The van der Waals surface area contributed by atoms with Crippen LogP contribution in [0.25, 0.3) is 11.4 Å². The van der Waals surface area contributed by atoms with Crippen LogP contribution in [0.15, 0.2) is 47.1 Å². The second-order valence-corrected chi connectivity index (χ2v) is 5.82. The van der Waals surface area contributed by atoms with E-state index in [2.05, 4.69) is 25.8 Å². The van der Waals surface area contributed by atoms with Gasteiger partial charge in [0.1, 0.15) is 5.82 Å². The molecule has 0 radical (unpaired) electrons. The average molecular weight is 339 g/mol. The second-order valence-electron chi connectivity index (χ2n) is 5.41. The van der Waals surface area contributed by atoms with Gasteiger partial charge in [-0.15, -0.1) is 0 Å². The highest BCUT2D eigenvalue weighted by atomic mass is 32.1. The van der Waals surface area contributed by atoms with Crippen LogP contribution >= 0.6 is 12.2 Å². The maximum atomic E-state index is 5.25. The lowest BCUT2D eigenvalue weighted by Gasteiger charge is -2.08. The van der Waals surface area contributed by atoms with Gasteiger partial charge in [-0.25, -0.2) is 4.98 Å². The van der Waals surface area contributed by atoms with Crippen LogP contribution in [-0.2, 0) is 6.54 Å². The molecule has 6 nitrogen and oxygen atoms in total. The lowest BCUT2D eigenvalue weighted by atomic mass is 10.1. The van der Waals surface area contributed by atoms with Crippen LogP contribution in [0.1, 0.15) is 17.0 Å². The third kappa shape index (κ3) is 4.14. The van der Waals surface area contributed by atoms with E-state index in [-0.39, 0.29) is 0 Å². The van der Waals surface area contributed by atoms with E-state index in [0.717, 1.165) is 16.7 Å². The topological polar surface area (TPSA) is 75.9 Å². The number of hydrogen-bond donors (Lipinski definition) is 2. The number of pyridine rings is 1. The Morgan fingerprint density at radius 2 is 2.00 bits per heavy atom. The van der Waals surface area contributed by atoms with Crippen molar-refractivity contribution in [3.8, 4) is 11.4 Å². The Kier molecular flexibility index (Phi) is 4.81. The van der Waals surface area contributed by atoms with Gasteiger partial charge in [0.25, 0.3) is 0 Å². The number of benzene rings is 1. The van der Waals surface area contributed by atoms with E-state index in [0.29, 0.717) is 29.2 Å². The van der Waals surface area contributed by atoms with Crippen molar-refractivity contribution in [3.05, 3.63) is 59.6 Å². The van der Waals surface area contributed by atoms with Crippen molar-refractivity contribution in [1.82, 2.24) is 20.4 Å². The van der Waals surface area contributed by atoms with Gasteiger partial charge in [-0.2, -0.15) is 4.98 Å². The number of nitrogens with zero attached hydrogens (tertiary/aromatic N) is 3. The first kappa shape index (κ1) is 16.1. The Morgan fingerprint density at radius 3 is 2.79 bits per heavy atom. The fourth-order valence-electron chi connectivity index (χ4n) is 2.15. The molecule has 0 unspecified atom stereocenters. The average Bonchev–Trinajstić information content (AvgIpc) is 3.02. The highest BCUT2D eigenvalue weighted by Gasteiger charge is 2.09. The van der Waals surface area contributed by atoms with Gasteiger partial charge in [-0.3, -0.25) is 0 Å². The van der Waals surface area contributed by atoms with Crippen molar-refractivity contribution >= 4 is 23.1 Å². The number of thiocarbonyl (C=S) groups is 1. The first-order chi connectivity index (χ1) is 11.6. The van der Waals surface area contributed by atoms with Crippen LogP contribution in [-0.4, -0.2) is 20.2 Å². The summed E-state index contributed by atoms with van der Waals surface area (Å²) >= 11 is 5.24. The zero-order valence-corrected chi connectivity index (χ0v) is 14.2. The van der Waals surface area contributed by atoms with E-state index in [1.54, 1.807) is 6.20 Å². The van der Waals surface area contributed by atoms with E-state index in [4.69, 9.17) is 16.7 Å². The molecule has 0 aliphatic carbocycles. The summed E-state index contributed by atoms with van der Waals surface area (Å²) in [6.45, 7) is 4.36.